The van der Waals surface area contributed by atoms with Gasteiger partial charge in [0, 0.05) is 42.9 Å². The Morgan fingerprint density at radius 3 is 2.57 bits per heavy atom. The van der Waals surface area contributed by atoms with Crippen LogP contribution in [0.2, 0.25) is 0 Å². The number of nitriles is 1. The summed E-state index contributed by atoms with van der Waals surface area (Å²) in [5.41, 5.74) is 1.06. The Morgan fingerprint density at radius 2 is 1.97 bits per heavy atom. The van der Waals surface area contributed by atoms with Crippen LogP contribution in [0, 0.1) is 11.3 Å². The number of carbonyl (C=O) groups excluding carboxylic acids is 2. The Kier molecular flexibility index (Phi) is 12.8. The average Bonchev–Trinajstić information content (AvgIpc) is 3.32. The first-order valence-corrected chi connectivity index (χ1v) is 13.5. The monoisotopic (exact) mass is 531 g/mol. The van der Waals surface area contributed by atoms with Crippen molar-refractivity contribution < 1.29 is 23.4 Å². The lowest BCUT2D eigenvalue weighted by molar-refractivity contribution is -0.106. The summed E-state index contributed by atoms with van der Waals surface area (Å²) >= 11 is 0. The van der Waals surface area contributed by atoms with Crippen LogP contribution in [-0.4, -0.2) is 72.4 Å². The van der Waals surface area contributed by atoms with Gasteiger partial charge in [-0.05, 0) is 46.8 Å². The van der Waals surface area contributed by atoms with E-state index >= 15 is 0 Å². The maximum atomic E-state index is 12.5. The van der Waals surface area contributed by atoms with Crippen LogP contribution >= 0.6 is 8.53 Å². The Bertz CT molecular complexity index is 971. The van der Waals surface area contributed by atoms with Crippen molar-refractivity contribution in [2.75, 3.05) is 20.3 Å². The van der Waals surface area contributed by atoms with Gasteiger partial charge in [-0.25, -0.2) is 4.67 Å². The van der Waals surface area contributed by atoms with Crippen LogP contribution in [0.25, 0.3) is 0 Å². The lowest BCUT2D eigenvalue weighted by Gasteiger charge is -2.36. The van der Waals surface area contributed by atoms with Crippen molar-refractivity contribution in [1.82, 2.24) is 14.9 Å². The van der Waals surface area contributed by atoms with Crippen LogP contribution in [0.1, 0.15) is 57.8 Å². The predicted molar refractivity (Wildman–Crippen MR) is 143 cm³/mol. The molecule has 11 heteroatoms. The number of ether oxygens (including phenoxy) is 1. The number of nitrogens with zero attached hydrogens (tertiary/aromatic N) is 4. The van der Waals surface area contributed by atoms with E-state index in [4.69, 9.17) is 19.0 Å². The first-order valence-electron chi connectivity index (χ1n) is 12.3. The smallest absolute Gasteiger partial charge is 0.259 e. The summed E-state index contributed by atoms with van der Waals surface area (Å²) in [5, 5.41) is 11.6. The van der Waals surface area contributed by atoms with E-state index in [1.54, 1.807) is 37.4 Å². The molecule has 1 saturated heterocycles. The largest absolute Gasteiger partial charge is 0.356 e. The number of carbonyl (C=O) groups is 2. The maximum Gasteiger partial charge on any atom is 0.259 e. The van der Waals surface area contributed by atoms with E-state index < -0.39 is 8.53 Å². The number of rotatable bonds is 13. The van der Waals surface area contributed by atoms with Gasteiger partial charge < -0.3 is 24.0 Å². The number of hydrogen-bond acceptors (Lipinski definition) is 8. The molecule has 3 atom stereocenters. The van der Waals surface area contributed by atoms with Crippen molar-refractivity contribution in [2.24, 2.45) is 4.99 Å². The summed E-state index contributed by atoms with van der Waals surface area (Å²) in [7, 11) is 0.491. The first kappa shape index (κ1) is 30.6. The molecule has 3 unspecified atom stereocenters. The molecule has 1 aromatic rings. The summed E-state index contributed by atoms with van der Waals surface area (Å²) < 4.78 is 20.5. The predicted octanol–water partition coefficient (Wildman–Crippen LogP) is 4.21. The van der Waals surface area contributed by atoms with Crippen molar-refractivity contribution in [3.63, 3.8) is 0 Å². The number of benzene rings is 1. The molecule has 1 aliphatic rings. The van der Waals surface area contributed by atoms with E-state index in [9.17, 15) is 9.59 Å². The number of hydrogen-bond donors (Lipinski definition) is 1. The third-order valence-electron chi connectivity index (χ3n) is 5.52. The summed E-state index contributed by atoms with van der Waals surface area (Å²) in [6.07, 6.45) is 2.62. The molecule has 2 amide bonds. The molecule has 1 N–H and O–H groups in total. The molecule has 1 fully saturated rings. The second-order valence-electron chi connectivity index (χ2n) is 9.18. The molecule has 2 rings (SSSR count). The van der Waals surface area contributed by atoms with Crippen LogP contribution in [0.4, 0.5) is 0 Å². The molecule has 37 heavy (non-hydrogen) atoms. The highest BCUT2D eigenvalue weighted by molar-refractivity contribution is 7.44. The zero-order valence-corrected chi connectivity index (χ0v) is 23.4. The molecule has 1 aliphatic heterocycles. The van der Waals surface area contributed by atoms with E-state index in [0.29, 0.717) is 43.6 Å². The minimum absolute atomic E-state index is 0.167. The molecule has 0 spiro atoms. The maximum absolute atomic E-state index is 12.5. The second kappa shape index (κ2) is 15.6. The highest BCUT2D eigenvalue weighted by atomic mass is 31.2. The molecule has 0 bridgehead atoms. The molecule has 0 radical (unpaired) electrons. The fraction of sp³-hybridized carbons (Fsp3) is 0.538. The van der Waals surface area contributed by atoms with Gasteiger partial charge in [-0.1, -0.05) is 18.2 Å². The van der Waals surface area contributed by atoms with Crippen LogP contribution in [-0.2, 0) is 18.6 Å². The lowest BCUT2D eigenvalue weighted by Crippen LogP contribution is -2.35. The fourth-order valence-electron chi connectivity index (χ4n) is 3.86. The fourth-order valence-corrected chi connectivity index (χ4v) is 5.57. The quantitative estimate of drug-likeness (QED) is 0.132. The summed E-state index contributed by atoms with van der Waals surface area (Å²) in [5.74, 6) is -0.188. The third-order valence-corrected chi connectivity index (χ3v) is 7.70. The summed E-state index contributed by atoms with van der Waals surface area (Å²) in [6.45, 7) is 10.8. The number of amides is 2. The zero-order valence-electron chi connectivity index (χ0n) is 22.5. The van der Waals surface area contributed by atoms with Crippen LogP contribution in [0.3, 0.4) is 0 Å². The minimum Gasteiger partial charge on any atom is -0.356 e. The van der Waals surface area contributed by atoms with Crippen molar-refractivity contribution in [2.45, 2.75) is 71.9 Å². The number of aliphatic imine (C=N–C) groups is 1. The molecule has 1 heterocycles. The number of nitrogens with one attached hydrogen (secondary N) is 1. The Balaban J connectivity index is 2.05. The van der Waals surface area contributed by atoms with Crippen LogP contribution < -0.4 is 5.32 Å². The van der Waals surface area contributed by atoms with Gasteiger partial charge in [0.05, 0.1) is 31.8 Å². The molecule has 0 aliphatic carbocycles. The minimum atomic E-state index is -1.37. The average molecular weight is 532 g/mol. The van der Waals surface area contributed by atoms with E-state index in [2.05, 4.69) is 48.7 Å². The third kappa shape index (κ3) is 9.62. The first-order chi connectivity index (χ1) is 17.7. The van der Waals surface area contributed by atoms with Crippen LogP contribution in [0.15, 0.2) is 47.1 Å². The lowest BCUT2D eigenvalue weighted by atomic mass is 10.2. The van der Waals surface area contributed by atoms with Gasteiger partial charge in [0.15, 0.2) is 0 Å². The van der Waals surface area contributed by atoms with Crippen LogP contribution in [0.5, 0.6) is 0 Å². The van der Waals surface area contributed by atoms with Gasteiger partial charge >= 0.3 is 0 Å². The molecule has 0 saturated carbocycles. The van der Waals surface area contributed by atoms with Crippen molar-refractivity contribution >= 4 is 26.7 Å². The standard InChI is InChI=1S/C26H38N5O5P/c1-19(2)31(20(3)4)37(35-14-10-13-27)36-23-15-24(34-17-23)30(6)16-21(5)25(28-18-32)29-26(33)22-11-8-7-9-12-22/h7-9,11-12,16,18-20,23-24H,10,14-15,17H2,1-6H3,(H,28,29,32,33)/b21-16-. The van der Waals surface area contributed by atoms with Gasteiger partial charge in [-0.3, -0.25) is 9.59 Å². The Labute approximate surface area is 221 Å². The topological polar surface area (TPSA) is 116 Å². The van der Waals surface area contributed by atoms with Crippen molar-refractivity contribution in [1.29, 1.82) is 5.26 Å². The summed E-state index contributed by atoms with van der Waals surface area (Å²) in [4.78, 5) is 29.3. The van der Waals surface area contributed by atoms with Crippen molar-refractivity contribution in [3.8, 4) is 6.07 Å². The molecular formula is C26H38N5O5P. The van der Waals surface area contributed by atoms with E-state index in [1.807, 2.05) is 18.0 Å². The highest BCUT2D eigenvalue weighted by Crippen LogP contribution is 2.48. The van der Waals surface area contributed by atoms with Gasteiger partial charge in [0.1, 0.15) is 12.1 Å². The molecule has 10 nitrogen and oxygen atoms in total. The summed E-state index contributed by atoms with van der Waals surface area (Å²) in [6, 6.07) is 11.2. The Hall–Kier alpha value is -2.67. The van der Waals surface area contributed by atoms with Gasteiger partial charge in [-0.2, -0.15) is 10.3 Å². The van der Waals surface area contributed by atoms with Gasteiger partial charge in [0.2, 0.25) is 6.41 Å². The SMILES string of the molecule is CC(=C/N(C)C1CC(OP(OCCC#N)N(C(C)C)C(C)C)CO1)/C(=N\C=O)NC(=O)c1ccccc1. The van der Waals surface area contributed by atoms with Crippen molar-refractivity contribution in [3.05, 3.63) is 47.7 Å². The normalized spacial score (nSPS) is 19.2. The highest BCUT2D eigenvalue weighted by Gasteiger charge is 2.35. The molecular weight excluding hydrogens is 493 g/mol. The van der Waals surface area contributed by atoms with Gasteiger partial charge in [0.25, 0.3) is 14.4 Å². The van der Waals surface area contributed by atoms with E-state index in [-0.39, 0.29) is 36.2 Å². The number of amidine groups is 1. The second-order valence-corrected chi connectivity index (χ2v) is 10.6. The Morgan fingerprint density at radius 1 is 1.30 bits per heavy atom. The van der Waals surface area contributed by atoms with E-state index in [1.165, 1.54) is 0 Å². The molecule has 1 aromatic carbocycles. The van der Waals surface area contributed by atoms with E-state index in [0.717, 1.165) is 0 Å². The molecule has 202 valence electrons. The van der Waals surface area contributed by atoms with Gasteiger partial charge in [-0.15, -0.1) is 0 Å². The zero-order chi connectivity index (χ0) is 27.4. The molecule has 0 aromatic heterocycles.